The van der Waals surface area contributed by atoms with Crippen LogP contribution in [0.15, 0.2) is 54.6 Å². The van der Waals surface area contributed by atoms with E-state index in [-0.39, 0.29) is 11.1 Å². The van der Waals surface area contributed by atoms with Crippen molar-refractivity contribution in [2.75, 3.05) is 5.33 Å². The van der Waals surface area contributed by atoms with Gasteiger partial charge >= 0.3 is 0 Å². The molecule has 0 radical (unpaired) electrons. The average molecular weight is 368 g/mol. The highest BCUT2D eigenvalue weighted by Crippen LogP contribution is 2.29. The summed E-state index contributed by atoms with van der Waals surface area (Å²) in [5.41, 5.74) is 4.35. The first-order chi connectivity index (χ1) is 11.2. The van der Waals surface area contributed by atoms with Crippen molar-refractivity contribution in [3.8, 4) is 11.3 Å². The quantitative estimate of drug-likeness (QED) is 0.404. The molecule has 0 saturated heterocycles. The largest absolute Gasteiger partial charge is 0.313 e. The molecule has 0 bridgehead atoms. The van der Waals surface area contributed by atoms with Crippen molar-refractivity contribution in [3.63, 3.8) is 0 Å². The van der Waals surface area contributed by atoms with Gasteiger partial charge < -0.3 is 4.57 Å². The molecule has 2 aromatic carbocycles. The van der Waals surface area contributed by atoms with Gasteiger partial charge in [-0.3, -0.25) is 9.20 Å². The van der Waals surface area contributed by atoms with Crippen molar-refractivity contribution in [1.82, 2.24) is 14.0 Å². The number of carbonyl (C=O) groups is 1. The Balaban J connectivity index is 2.16. The summed E-state index contributed by atoms with van der Waals surface area (Å²) in [5, 5.41) is 0.268. The number of carbonyl (C=O) groups excluding carboxylic acids is 1. The van der Waals surface area contributed by atoms with Gasteiger partial charge in [0.25, 0.3) is 0 Å². The van der Waals surface area contributed by atoms with Crippen molar-refractivity contribution in [2.24, 2.45) is 7.05 Å². The molecule has 0 fully saturated rings. The zero-order valence-corrected chi connectivity index (χ0v) is 14.1. The fourth-order valence-corrected chi connectivity index (χ4v) is 3.29. The number of benzene rings is 2. The Hall–Kier alpha value is -2.40. The smallest absolute Gasteiger partial charge is 0.215 e. The molecule has 0 unspecified atom stereocenters. The SMILES string of the molecule is Cn1c2ccccc2n2c(C(=O)CBr)c(-c3ccccc3)nc12. The van der Waals surface area contributed by atoms with Gasteiger partial charge in [0.15, 0.2) is 5.78 Å². The molecule has 0 amide bonds. The van der Waals surface area contributed by atoms with Gasteiger partial charge in [-0.15, -0.1) is 0 Å². The van der Waals surface area contributed by atoms with Gasteiger partial charge in [0.1, 0.15) is 11.4 Å². The van der Waals surface area contributed by atoms with Crippen LogP contribution in [0.4, 0.5) is 0 Å². The van der Waals surface area contributed by atoms with Gasteiger partial charge in [-0.2, -0.15) is 0 Å². The molecule has 2 aromatic heterocycles. The summed E-state index contributed by atoms with van der Waals surface area (Å²) in [6.07, 6.45) is 0. The molecule has 0 aliphatic carbocycles. The van der Waals surface area contributed by atoms with Gasteiger partial charge in [-0.1, -0.05) is 58.4 Å². The molecular formula is C18H14BrN3O. The molecule has 0 N–H and O–H groups in total. The second kappa shape index (κ2) is 5.35. The summed E-state index contributed by atoms with van der Waals surface area (Å²) >= 11 is 3.30. The number of rotatable bonds is 3. The van der Waals surface area contributed by atoms with E-state index >= 15 is 0 Å². The van der Waals surface area contributed by atoms with E-state index in [1.54, 1.807) is 0 Å². The van der Waals surface area contributed by atoms with Crippen LogP contribution in [0.3, 0.4) is 0 Å². The monoisotopic (exact) mass is 367 g/mol. The lowest BCUT2D eigenvalue weighted by molar-refractivity contribution is 0.101. The fourth-order valence-electron chi connectivity index (χ4n) is 3.02. The van der Waals surface area contributed by atoms with E-state index in [1.165, 1.54) is 0 Å². The molecule has 0 saturated carbocycles. The van der Waals surface area contributed by atoms with Crippen molar-refractivity contribution < 1.29 is 4.79 Å². The van der Waals surface area contributed by atoms with Gasteiger partial charge in [0.05, 0.1) is 16.4 Å². The number of para-hydroxylation sites is 2. The molecule has 0 aliphatic rings. The van der Waals surface area contributed by atoms with Crippen molar-refractivity contribution in [1.29, 1.82) is 0 Å². The number of aryl methyl sites for hydroxylation is 1. The van der Waals surface area contributed by atoms with E-state index in [0.29, 0.717) is 5.69 Å². The highest BCUT2D eigenvalue weighted by atomic mass is 79.9. The first kappa shape index (κ1) is 14.2. The molecule has 0 atom stereocenters. The van der Waals surface area contributed by atoms with E-state index in [4.69, 9.17) is 4.98 Å². The summed E-state index contributed by atoms with van der Waals surface area (Å²) in [6, 6.07) is 17.9. The number of ketones is 1. The van der Waals surface area contributed by atoms with Crippen LogP contribution >= 0.6 is 15.9 Å². The maximum atomic E-state index is 12.6. The Bertz CT molecular complexity index is 1030. The van der Waals surface area contributed by atoms with E-state index in [0.717, 1.165) is 28.1 Å². The van der Waals surface area contributed by atoms with Gasteiger partial charge in [0.2, 0.25) is 5.78 Å². The van der Waals surface area contributed by atoms with Crippen LogP contribution in [-0.4, -0.2) is 25.1 Å². The second-order valence-electron chi connectivity index (χ2n) is 5.41. The number of nitrogens with zero attached hydrogens (tertiary/aromatic N) is 3. The number of alkyl halides is 1. The third kappa shape index (κ3) is 2.04. The van der Waals surface area contributed by atoms with Crippen molar-refractivity contribution >= 4 is 38.5 Å². The summed E-state index contributed by atoms with van der Waals surface area (Å²) in [6.45, 7) is 0. The van der Waals surface area contributed by atoms with Crippen molar-refractivity contribution in [2.45, 2.75) is 0 Å². The van der Waals surface area contributed by atoms with Gasteiger partial charge in [0, 0.05) is 12.6 Å². The van der Waals surface area contributed by atoms with Crippen molar-refractivity contribution in [3.05, 3.63) is 60.3 Å². The summed E-state index contributed by atoms with van der Waals surface area (Å²) in [4.78, 5) is 17.4. The number of hydrogen-bond acceptors (Lipinski definition) is 2. The number of Topliss-reactive ketones (excluding diaryl/α,β-unsaturated/α-hetero) is 1. The maximum absolute atomic E-state index is 12.6. The first-order valence-corrected chi connectivity index (χ1v) is 8.45. The Morgan fingerprint density at radius 3 is 2.39 bits per heavy atom. The predicted molar refractivity (Wildman–Crippen MR) is 95.2 cm³/mol. The molecular weight excluding hydrogens is 354 g/mol. The highest BCUT2D eigenvalue weighted by molar-refractivity contribution is 9.09. The van der Waals surface area contributed by atoms with Crippen LogP contribution in [0.1, 0.15) is 10.5 Å². The molecule has 5 heteroatoms. The number of hydrogen-bond donors (Lipinski definition) is 0. The summed E-state index contributed by atoms with van der Waals surface area (Å²) in [5.74, 6) is 0.794. The van der Waals surface area contributed by atoms with Gasteiger partial charge in [-0.25, -0.2) is 4.98 Å². The number of halogens is 1. The third-order valence-corrected chi connectivity index (χ3v) is 4.59. The molecule has 2 heterocycles. The maximum Gasteiger partial charge on any atom is 0.215 e. The molecule has 4 rings (SSSR count). The summed E-state index contributed by atoms with van der Waals surface area (Å²) < 4.78 is 3.98. The number of fused-ring (bicyclic) bond motifs is 3. The number of imidazole rings is 2. The number of aromatic nitrogens is 3. The van der Waals surface area contributed by atoms with Crippen LogP contribution in [0, 0.1) is 0 Å². The lowest BCUT2D eigenvalue weighted by Crippen LogP contribution is -2.06. The lowest BCUT2D eigenvalue weighted by Gasteiger charge is -2.03. The molecule has 23 heavy (non-hydrogen) atoms. The van der Waals surface area contributed by atoms with Gasteiger partial charge in [-0.05, 0) is 12.1 Å². The third-order valence-electron chi connectivity index (χ3n) is 4.08. The van der Waals surface area contributed by atoms with Crippen LogP contribution < -0.4 is 0 Å². The predicted octanol–water partition coefficient (Wildman–Crippen LogP) is 4.07. The van der Waals surface area contributed by atoms with E-state index < -0.39 is 0 Å². The van der Waals surface area contributed by atoms with Crippen LogP contribution in [0.5, 0.6) is 0 Å². The van der Waals surface area contributed by atoms with Crippen LogP contribution in [0.2, 0.25) is 0 Å². The Morgan fingerprint density at radius 2 is 1.70 bits per heavy atom. The molecule has 0 aliphatic heterocycles. The Kier molecular flexibility index (Phi) is 3.31. The zero-order valence-electron chi connectivity index (χ0n) is 12.5. The Labute approximate surface area is 141 Å². The minimum atomic E-state index is 0.0210. The topological polar surface area (TPSA) is 39.3 Å². The molecule has 4 nitrogen and oxygen atoms in total. The lowest BCUT2D eigenvalue weighted by atomic mass is 10.1. The fraction of sp³-hybridized carbons (Fsp3) is 0.111. The first-order valence-electron chi connectivity index (χ1n) is 7.33. The minimum Gasteiger partial charge on any atom is -0.313 e. The highest BCUT2D eigenvalue weighted by Gasteiger charge is 2.23. The summed E-state index contributed by atoms with van der Waals surface area (Å²) in [7, 11) is 1.97. The van der Waals surface area contributed by atoms with Crippen LogP contribution in [0.25, 0.3) is 28.1 Å². The molecule has 114 valence electrons. The minimum absolute atomic E-state index is 0.0210. The Morgan fingerprint density at radius 1 is 1.04 bits per heavy atom. The van der Waals surface area contributed by atoms with E-state index in [9.17, 15) is 4.79 Å². The zero-order chi connectivity index (χ0) is 16.0. The van der Waals surface area contributed by atoms with Crippen LogP contribution in [-0.2, 0) is 7.05 Å². The normalized spacial score (nSPS) is 11.4. The second-order valence-corrected chi connectivity index (χ2v) is 5.98. The average Bonchev–Trinajstić information content (AvgIpc) is 3.12. The molecule has 4 aromatic rings. The standard InChI is InChI=1S/C18H14BrN3O/c1-21-13-9-5-6-10-14(13)22-17(15(23)11-19)16(20-18(21)22)12-7-3-2-4-8-12/h2-10H,11H2,1H3. The van der Waals surface area contributed by atoms with E-state index in [2.05, 4.69) is 15.9 Å². The molecule has 0 spiro atoms. The van der Waals surface area contributed by atoms with E-state index in [1.807, 2.05) is 70.6 Å².